The fourth-order valence-corrected chi connectivity index (χ4v) is 4.69. The van der Waals surface area contributed by atoms with Crippen molar-refractivity contribution in [2.75, 3.05) is 13.2 Å². The second-order valence-electron chi connectivity index (χ2n) is 8.04. The first kappa shape index (κ1) is 22.0. The first-order valence-corrected chi connectivity index (χ1v) is 11.3. The number of Topliss-reactive ketones (excluding diaryl/α,β-unsaturated/α-hetero) is 1. The minimum absolute atomic E-state index is 0.0284. The summed E-state index contributed by atoms with van der Waals surface area (Å²) >= 11 is 0. The van der Waals surface area contributed by atoms with Crippen LogP contribution < -0.4 is 9.47 Å². The SMILES string of the molecule is CCOc1ccc(/C(O)=C2/C(=O)C(=O)N(C3CCCCC3)C2c2ccco2)c(OCC)c1. The van der Waals surface area contributed by atoms with Gasteiger partial charge in [-0.3, -0.25) is 9.59 Å². The molecule has 1 saturated heterocycles. The topological polar surface area (TPSA) is 89.2 Å². The number of aliphatic hydroxyl groups excluding tert-OH is 1. The molecule has 2 fully saturated rings. The third-order valence-corrected chi connectivity index (χ3v) is 6.08. The van der Waals surface area contributed by atoms with Gasteiger partial charge in [-0.15, -0.1) is 0 Å². The normalized spacial score (nSPS) is 21.2. The van der Waals surface area contributed by atoms with Crippen molar-refractivity contribution in [3.8, 4) is 11.5 Å². The maximum atomic E-state index is 13.2. The summed E-state index contributed by atoms with van der Waals surface area (Å²) in [5, 5.41) is 11.3. The molecule has 1 aromatic heterocycles. The summed E-state index contributed by atoms with van der Waals surface area (Å²) in [5.41, 5.74) is 0.370. The van der Waals surface area contributed by atoms with Gasteiger partial charge in [0.1, 0.15) is 29.1 Å². The molecule has 170 valence electrons. The maximum absolute atomic E-state index is 13.2. The van der Waals surface area contributed by atoms with E-state index in [1.165, 1.54) is 6.26 Å². The van der Waals surface area contributed by atoms with Crippen LogP contribution in [0.2, 0.25) is 0 Å². The molecule has 0 spiro atoms. The fourth-order valence-electron chi connectivity index (χ4n) is 4.69. The van der Waals surface area contributed by atoms with Crippen molar-refractivity contribution in [2.24, 2.45) is 0 Å². The number of hydrogen-bond donors (Lipinski definition) is 1. The number of ether oxygens (including phenoxy) is 2. The quantitative estimate of drug-likeness (QED) is 0.378. The van der Waals surface area contributed by atoms with Crippen molar-refractivity contribution in [1.82, 2.24) is 4.90 Å². The molecular weight excluding hydrogens is 410 g/mol. The molecular formula is C25H29NO6. The van der Waals surface area contributed by atoms with Crippen LogP contribution >= 0.6 is 0 Å². The molecule has 2 aliphatic rings. The second-order valence-corrected chi connectivity index (χ2v) is 8.04. The molecule has 32 heavy (non-hydrogen) atoms. The van der Waals surface area contributed by atoms with Crippen LogP contribution in [0.5, 0.6) is 11.5 Å². The number of carbonyl (C=O) groups excluding carboxylic acids is 2. The van der Waals surface area contributed by atoms with E-state index in [1.807, 2.05) is 13.8 Å². The van der Waals surface area contributed by atoms with Crippen LogP contribution in [0.15, 0.2) is 46.6 Å². The molecule has 0 bridgehead atoms. The fraction of sp³-hybridized carbons (Fsp3) is 0.440. The number of nitrogens with zero attached hydrogens (tertiary/aromatic N) is 1. The van der Waals surface area contributed by atoms with Gasteiger partial charge < -0.3 is 23.9 Å². The molecule has 7 heteroatoms. The Labute approximate surface area is 187 Å². The zero-order valence-corrected chi connectivity index (χ0v) is 18.5. The van der Waals surface area contributed by atoms with Gasteiger partial charge in [0.25, 0.3) is 11.7 Å². The standard InChI is InChI=1S/C25H29NO6/c1-3-30-17-12-13-18(20(15-17)31-4-2)23(27)21-22(19-11-8-14-32-19)26(25(29)24(21)28)16-9-6-5-7-10-16/h8,11-16,22,27H,3-7,9-10H2,1-2H3/b23-21-. The average Bonchev–Trinajstić information content (AvgIpc) is 3.42. The van der Waals surface area contributed by atoms with E-state index in [4.69, 9.17) is 13.9 Å². The predicted molar refractivity (Wildman–Crippen MR) is 119 cm³/mol. The van der Waals surface area contributed by atoms with Crippen molar-refractivity contribution in [3.05, 3.63) is 53.5 Å². The molecule has 1 atom stereocenters. The summed E-state index contributed by atoms with van der Waals surface area (Å²) in [6.45, 7) is 4.57. The van der Waals surface area contributed by atoms with E-state index >= 15 is 0 Å². The van der Waals surface area contributed by atoms with Gasteiger partial charge in [-0.2, -0.15) is 0 Å². The smallest absolute Gasteiger partial charge is 0.296 e. The number of ketones is 1. The number of furan rings is 1. The zero-order valence-electron chi connectivity index (χ0n) is 18.5. The molecule has 1 aromatic carbocycles. The minimum Gasteiger partial charge on any atom is -0.507 e. The Bertz CT molecular complexity index is 1000. The highest BCUT2D eigenvalue weighted by Gasteiger charge is 2.50. The van der Waals surface area contributed by atoms with Crippen LogP contribution in [0.3, 0.4) is 0 Å². The van der Waals surface area contributed by atoms with E-state index in [0.29, 0.717) is 36.0 Å². The monoisotopic (exact) mass is 439 g/mol. The third-order valence-electron chi connectivity index (χ3n) is 6.08. The molecule has 1 N–H and O–H groups in total. The number of carbonyl (C=O) groups is 2. The van der Waals surface area contributed by atoms with Crippen LogP contribution in [0, 0.1) is 0 Å². The number of benzene rings is 1. The Balaban J connectivity index is 1.84. The lowest BCUT2D eigenvalue weighted by Gasteiger charge is -2.34. The van der Waals surface area contributed by atoms with Crippen LogP contribution in [0.25, 0.3) is 5.76 Å². The molecule has 1 saturated carbocycles. The van der Waals surface area contributed by atoms with Gasteiger partial charge in [0.05, 0.1) is 30.6 Å². The Hall–Kier alpha value is -3.22. The Kier molecular flexibility index (Phi) is 6.53. The molecule has 7 nitrogen and oxygen atoms in total. The van der Waals surface area contributed by atoms with Crippen LogP contribution in [0.1, 0.15) is 63.3 Å². The largest absolute Gasteiger partial charge is 0.507 e. The second kappa shape index (κ2) is 9.51. The van der Waals surface area contributed by atoms with Crippen LogP contribution in [0.4, 0.5) is 0 Å². The number of hydrogen-bond acceptors (Lipinski definition) is 6. The molecule has 1 amide bonds. The summed E-state index contributed by atoms with van der Waals surface area (Å²) in [6.07, 6.45) is 6.31. The molecule has 0 radical (unpaired) electrons. The van der Waals surface area contributed by atoms with Crippen molar-refractivity contribution in [3.63, 3.8) is 0 Å². The summed E-state index contributed by atoms with van der Waals surface area (Å²) in [7, 11) is 0. The lowest BCUT2D eigenvalue weighted by atomic mass is 9.92. The van der Waals surface area contributed by atoms with Crippen molar-refractivity contribution in [1.29, 1.82) is 0 Å². The minimum atomic E-state index is -0.769. The molecule has 1 unspecified atom stereocenters. The van der Waals surface area contributed by atoms with Crippen molar-refractivity contribution >= 4 is 17.4 Å². The lowest BCUT2D eigenvalue weighted by molar-refractivity contribution is -0.142. The number of amides is 1. The van der Waals surface area contributed by atoms with Gasteiger partial charge in [0.15, 0.2) is 0 Å². The van der Waals surface area contributed by atoms with Gasteiger partial charge in [-0.1, -0.05) is 19.3 Å². The zero-order chi connectivity index (χ0) is 22.7. The maximum Gasteiger partial charge on any atom is 0.296 e. The van der Waals surface area contributed by atoms with Gasteiger partial charge in [0.2, 0.25) is 0 Å². The summed E-state index contributed by atoms with van der Waals surface area (Å²) in [5.74, 6) is -0.125. The average molecular weight is 440 g/mol. The predicted octanol–water partition coefficient (Wildman–Crippen LogP) is 4.83. The van der Waals surface area contributed by atoms with Crippen LogP contribution in [-0.2, 0) is 9.59 Å². The van der Waals surface area contributed by atoms with Crippen molar-refractivity contribution < 1.29 is 28.6 Å². The van der Waals surface area contributed by atoms with E-state index in [1.54, 1.807) is 35.2 Å². The van der Waals surface area contributed by atoms with Crippen molar-refractivity contribution in [2.45, 2.75) is 58.0 Å². The molecule has 2 aromatic rings. The number of aliphatic hydroxyl groups is 1. The first-order chi connectivity index (χ1) is 15.6. The van der Waals surface area contributed by atoms with E-state index in [9.17, 15) is 14.7 Å². The van der Waals surface area contributed by atoms with E-state index in [2.05, 4.69) is 0 Å². The summed E-state index contributed by atoms with van der Waals surface area (Å²) < 4.78 is 16.9. The van der Waals surface area contributed by atoms with Gasteiger partial charge in [0, 0.05) is 12.1 Å². The highest BCUT2D eigenvalue weighted by atomic mass is 16.5. The Morgan fingerprint density at radius 1 is 1.09 bits per heavy atom. The summed E-state index contributed by atoms with van der Waals surface area (Å²) in [4.78, 5) is 28.0. The summed E-state index contributed by atoms with van der Waals surface area (Å²) in [6, 6.07) is 7.67. The van der Waals surface area contributed by atoms with E-state index < -0.39 is 17.7 Å². The van der Waals surface area contributed by atoms with Crippen LogP contribution in [-0.4, -0.2) is 41.0 Å². The first-order valence-electron chi connectivity index (χ1n) is 11.3. The highest BCUT2D eigenvalue weighted by Crippen LogP contribution is 2.44. The lowest BCUT2D eigenvalue weighted by Crippen LogP contribution is -2.40. The highest BCUT2D eigenvalue weighted by molar-refractivity contribution is 6.46. The molecule has 1 aliphatic carbocycles. The molecule has 4 rings (SSSR count). The van der Waals surface area contributed by atoms with Gasteiger partial charge >= 0.3 is 0 Å². The van der Waals surface area contributed by atoms with Gasteiger partial charge in [-0.25, -0.2) is 0 Å². The number of likely N-dealkylation sites (tertiary alicyclic amines) is 1. The molecule has 2 heterocycles. The Morgan fingerprint density at radius 2 is 1.84 bits per heavy atom. The third kappa shape index (κ3) is 3.99. The Morgan fingerprint density at radius 3 is 2.50 bits per heavy atom. The van der Waals surface area contributed by atoms with E-state index in [0.717, 1.165) is 32.1 Å². The van der Waals surface area contributed by atoms with Gasteiger partial charge in [-0.05, 0) is 51.0 Å². The molecule has 1 aliphatic heterocycles. The van der Waals surface area contributed by atoms with E-state index in [-0.39, 0.29) is 17.4 Å². The number of rotatable bonds is 7.